The standard InChI is InChI=1S/C27H32N2O5/c1-17-24(26(2,3)33)22(12-14-30)34-27(17)20-9-4-5-10-21(20)29(25(27)32)16-18-7-6-8-19(15-18)28-13-11-23(28)31/h4-10,15,17,22,24,30,33H,11-14,16H2,1-3H3/t17-,22+,24-,27+/m0/s1. The molecule has 1 spiro atoms. The molecule has 3 heterocycles. The Morgan fingerprint density at radius 2 is 1.91 bits per heavy atom. The number of hydrogen-bond acceptors (Lipinski definition) is 5. The van der Waals surface area contributed by atoms with Crippen LogP contribution in [-0.4, -0.2) is 46.9 Å². The van der Waals surface area contributed by atoms with E-state index in [1.165, 1.54) is 0 Å². The Labute approximate surface area is 199 Å². The van der Waals surface area contributed by atoms with Gasteiger partial charge in [0, 0.05) is 42.7 Å². The summed E-state index contributed by atoms with van der Waals surface area (Å²) < 4.78 is 6.55. The fourth-order valence-electron chi connectivity index (χ4n) is 6.18. The molecule has 7 nitrogen and oxygen atoms in total. The molecule has 0 bridgehead atoms. The molecule has 5 rings (SSSR count). The highest BCUT2D eigenvalue weighted by Crippen LogP contribution is 2.57. The predicted octanol–water partition coefficient (Wildman–Crippen LogP) is 2.97. The summed E-state index contributed by atoms with van der Waals surface area (Å²) in [4.78, 5) is 29.6. The normalized spacial score (nSPS) is 28.6. The molecule has 2 aromatic rings. The van der Waals surface area contributed by atoms with Crippen LogP contribution < -0.4 is 9.80 Å². The third kappa shape index (κ3) is 3.37. The second-order valence-electron chi connectivity index (χ2n) is 10.2. The van der Waals surface area contributed by atoms with Crippen molar-refractivity contribution in [3.63, 3.8) is 0 Å². The fraction of sp³-hybridized carbons (Fsp3) is 0.481. The number of carbonyl (C=O) groups is 2. The van der Waals surface area contributed by atoms with Crippen LogP contribution in [0.25, 0.3) is 0 Å². The molecule has 180 valence electrons. The van der Waals surface area contributed by atoms with Gasteiger partial charge in [-0.3, -0.25) is 9.59 Å². The van der Waals surface area contributed by atoms with Gasteiger partial charge in [-0.2, -0.15) is 0 Å². The molecule has 0 saturated carbocycles. The Hall–Kier alpha value is -2.74. The Morgan fingerprint density at radius 1 is 1.15 bits per heavy atom. The maximum Gasteiger partial charge on any atom is 0.264 e. The first-order valence-corrected chi connectivity index (χ1v) is 12.0. The van der Waals surface area contributed by atoms with E-state index < -0.39 is 17.3 Å². The second-order valence-corrected chi connectivity index (χ2v) is 10.2. The topological polar surface area (TPSA) is 90.3 Å². The van der Waals surface area contributed by atoms with Crippen molar-refractivity contribution in [1.82, 2.24) is 0 Å². The third-order valence-corrected chi connectivity index (χ3v) is 7.72. The number of β-lactam (4-membered cyclic amide) rings is 1. The average Bonchev–Trinajstić information content (AvgIpc) is 3.21. The minimum Gasteiger partial charge on any atom is -0.396 e. The summed E-state index contributed by atoms with van der Waals surface area (Å²) in [5, 5.41) is 20.6. The lowest BCUT2D eigenvalue weighted by Gasteiger charge is -2.34. The van der Waals surface area contributed by atoms with Gasteiger partial charge >= 0.3 is 0 Å². The quantitative estimate of drug-likeness (QED) is 0.642. The van der Waals surface area contributed by atoms with Crippen LogP contribution in [-0.2, 0) is 26.5 Å². The zero-order valence-corrected chi connectivity index (χ0v) is 19.9. The highest BCUT2D eigenvalue weighted by Gasteiger charge is 2.65. The Balaban J connectivity index is 1.53. The molecule has 2 amide bonds. The molecule has 2 aromatic carbocycles. The number of para-hydroxylation sites is 1. The molecule has 0 unspecified atom stereocenters. The van der Waals surface area contributed by atoms with Crippen LogP contribution in [0.3, 0.4) is 0 Å². The van der Waals surface area contributed by atoms with Crippen molar-refractivity contribution < 1.29 is 24.5 Å². The van der Waals surface area contributed by atoms with Gasteiger partial charge in [-0.25, -0.2) is 0 Å². The van der Waals surface area contributed by atoms with E-state index in [4.69, 9.17) is 4.74 Å². The molecule has 2 fully saturated rings. The van der Waals surface area contributed by atoms with E-state index in [-0.39, 0.29) is 30.3 Å². The van der Waals surface area contributed by atoms with Gasteiger partial charge in [0.05, 0.1) is 23.9 Å². The first-order chi connectivity index (χ1) is 16.2. The molecule has 3 aliphatic heterocycles. The summed E-state index contributed by atoms with van der Waals surface area (Å²) in [6.07, 6.45) is 0.470. The van der Waals surface area contributed by atoms with E-state index in [9.17, 15) is 19.8 Å². The van der Waals surface area contributed by atoms with Crippen molar-refractivity contribution in [3.8, 4) is 0 Å². The molecule has 0 aliphatic carbocycles. The molecule has 2 saturated heterocycles. The zero-order chi connectivity index (χ0) is 24.3. The van der Waals surface area contributed by atoms with Gasteiger partial charge in [-0.1, -0.05) is 37.3 Å². The number of anilines is 2. The van der Waals surface area contributed by atoms with Crippen LogP contribution in [0.4, 0.5) is 11.4 Å². The molecule has 7 heteroatoms. The number of rotatable bonds is 6. The number of aliphatic hydroxyl groups excluding tert-OH is 1. The summed E-state index contributed by atoms with van der Waals surface area (Å²) in [6.45, 7) is 6.43. The number of ether oxygens (including phenoxy) is 1. The number of amides is 2. The molecule has 3 aliphatic rings. The van der Waals surface area contributed by atoms with Crippen molar-refractivity contribution in [2.24, 2.45) is 11.8 Å². The largest absolute Gasteiger partial charge is 0.396 e. The number of carbonyl (C=O) groups excluding carboxylic acids is 2. The molecule has 34 heavy (non-hydrogen) atoms. The maximum absolute atomic E-state index is 14.2. The van der Waals surface area contributed by atoms with Gasteiger partial charge in [0.25, 0.3) is 5.91 Å². The van der Waals surface area contributed by atoms with Crippen molar-refractivity contribution in [2.45, 2.75) is 57.5 Å². The highest BCUT2D eigenvalue weighted by atomic mass is 16.5. The summed E-state index contributed by atoms with van der Waals surface area (Å²) in [7, 11) is 0. The summed E-state index contributed by atoms with van der Waals surface area (Å²) in [6, 6.07) is 15.4. The molecule has 0 radical (unpaired) electrons. The van der Waals surface area contributed by atoms with Crippen LogP contribution in [0.15, 0.2) is 48.5 Å². The van der Waals surface area contributed by atoms with Crippen LogP contribution in [0.1, 0.15) is 44.7 Å². The van der Waals surface area contributed by atoms with Gasteiger partial charge in [0.15, 0.2) is 5.60 Å². The maximum atomic E-state index is 14.2. The first kappa shape index (κ1) is 23.0. The number of benzene rings is 2. The van der Waals surface area contributed by atoms with Gasteiger partial charge in [0.2, 0.25) is 5.91 Å². The van der Waals surface area contributed by atoms with Crippen molar-refractivity contribution >= 4 is 23.2 Å². The van der Waals surface area contributed by atoms with Crippen molar-refractivity contribution in [3.05, 3.63) is 59.7 Å². The monoisotopic (exact) mass is 464 g/mol. The number of nitrogens with zero attached hydrogens (tertiary/aromatic N) is 2. The zero-order valence-electron chi connectivity index (χ0n) is 19.9. The van der Waals surface area contributed by atoms with Gasteiger partial charge in [-0.15, -0.1) is 0 Å². The van der Waals surface area contributed by atoms with Crippen molar-refractivity contribution in [2.75, 3.05) is 23.0 Å². The lowest BCUT2D eigenvalue weighted by Crippen LogP contribution is -2.46. The van der Waals surface area contributed by atoms with Gasteiger partial charge in [0.1, 0.15) is 0 Å². The number of hydrogen-bond donors (Lipinski definition) is 2. The lowest BCUT2D eigenvalue weighted by molar-refractivity contribution is -0.146. The highest BCUT2D eigenvalue weighted by molar-refractivity contribution is 6.07. The van der Waals surface area contributed by atoms with E-state index in [0.717, 1.165) is 22.5 Å². The second kappa shape index (κ2) is 8.18. The molecule has 4 atom stereocenters. The Bertz CT molecular complexity index is 1130. The predicted molar refractivity (Wildman–Crippen MR) is 128 cm³/mol. The van der Waals surface area contributed by atoms with Crippen LogP contribution in [0.2, 0.25) is 0 Å². The van der Waals surface area contributed by atoms with E-state index in [1.807, 2.05) is 55.5 Å². The molecular weight excluding hydrogens is 432 g/mol. The number of aliphatic hydroxyl groups is 2. The lowest BCUT2D eigenvalue weighted by atomic mass is 9.71. The number of fused-ring (bicyclic) bond motifs is 2. The van der Waals surface area contributed by atoms with E-state index in [2.05, 4.69) is 0 Å². The Morgan fingerprint density at radius 3 is 2.56 bits per heavy atom. The van der Waals surface area contributed by atoms with E-state index in [0.29, 0.717) is 25.9 Å². The van der Waals surface area contributed by atoms with Crippen LogP contribution >= 0.6 is 0 Å². The van der Waals surface area contributed by atoms with E-state index in [1.54, 1.807) is 23.6 Å². The van der Waals surface area contributed by atoms with Crippen LogP contribution in [0.5, 0.6) is 0 Å². The molecular formula is C27H32N2O5. The average molecular weight is 465 g/mol. The van der Waals surface area contributed by atoms with Gasteiger partial charge in [-0.05, 0) is 44.0 Å². The first-order valence-electron chi connectivity index (χ1n) is 12.0. The fourth-order valence-corrected chi connectivity index (χ4v) is 6.18. The summed E-state index contributed by atoms with van der Waals surface area (Å²) >= 11 is 0. The SMILES string of the molecule is C[C@H]1[C@H](C(C)(C)O)[C@@H](CCO)O[C@]12C(=O)N(Cc1cccc(N3CCC3=O)c1)c1ccccc12. The minimum atomic E-state index is -1.22. The molecule has 2 N–H and O–H groups in total. The van der Waals surface area contributed by atoms with Gasteiger partial charge < -0.3 is 24.7 Å². The molecule has 0 aromatic heterocycles. The smallest absolute Gasteiger partial charge is 0.264 e. The summed E-state index contributed by atoms with van der Waals surface area (Å²) in [5.74, 6) is -0.661. The van der Waals surface area contributed by atoms with Crippen molar-refractivity contribution in [1.29, 1.82) is 0 Å². The van der Waals surface area contributed by atoms with Crippen LogP contribution in [0, 0.1) is 11.8 Å². The minimum absolute atomic E-state index is 0.0817. The Kier molecular flexibility index (Phi) is 5.54. The summed E-state index contributed by atoms with van der Waals surface area (Å²) in [5.41, 5.74) is 1.07. The third-order valence-electron chi connectivity index (χ3n) is 7.72. The van der Waals surface area contributed by atoms with E-state index >= 15 is 0 Å².